The van der Waals surface area contributed by atoms with Crippen LogP contribution in [0, 0.1) is 0 Å². The number of esters is 1. The van der Waals surface area contributed by atoms with Crippen molar-refractivity contribution < 1.29 is 14.3 Å². The number of nitrogens with one attached hydrogen (secondary N) is 1. The molecule has 7 heteroatoms. The Morgan fingerprint density at radius 3 is 2.94 bits per heavy atom. The molecule has 1 heterocycles. The second-order valence-electron chi connectivity index (χ2n) is 2.86. The van der Waals surface area contributed by atoms with Crippen LogP contribution < -0.4 is 5.32 Å². The summed E-state index contributed by atoms with van der Waals surface area (Å²) in [4.78, 5) is 26.4. The number of aromatic nitrogens is 1. The molecule has 1 amide bonds. The summed E-state index contributed by atoms with van der Waals surface area (Å²) in [7, 11) is 0. The monoisotopic (exact) mass is 262 g/mol. The van der Waals surface area contributed by atoms with Crippen LogP contribution in [0.25, 0.3) is 0 Å². The Labute approximate surface area is 102 Å². The zero-order valence-electron chi connectivity index (χ0n) is 8.82. The molecular formula is C9H11ClN2O3S. The van der Waals surface area contributed by atoms with Crippen molar-refractivity contribution in [1.82, 2.24) is 4.98 Å². The van der Waals surface area contributed by atoms with Gasteiger partial charge in [-0.05, 0) is 13.8 Å². The summed E-state index contributed by atoms with van der Waals surface area (Å²) in [5, 5.41) is 3.70. The molecule has 0 aliphatic rings. The van der Waals surface area contributed by atoms with Crippen LogP contribution in [0.3, 0.4) is 0 Å². The van der Waals surface area contributed by atoms with Gasteiger partial charge in [0.05, 0.1) is 6.61 Å². The third kappa shape index (κ3) is 3.46. The normalized spacial score (nSPS) is 11.9. The predicted molar refractivity (Wildman–Crippen MR) is 62.0 cm³/mol. The summed E-state index contributed by atoms with van der Waals surface area (Å²) in [6.07, 6.45) is 0. The Morgan fingerprint density at radius 1 is 1.69 bits per heavy atom. The molecule has 0 radical (unpaired) electrons. The van der Waals surface area contributed by atoms with Crippen LogP contribution >= 0.6 is 22.9 Å². The third-order valence-electron chi connectivity index (χ3n) is 1.58. The summed E-state index contributed by atoms with van der Waals surface area (Å²) < 4.78 is 4.76. The van der Waals surface area contributed by atoms with Crippen LogP contribution in [0.15, 0.2) is 5.38 Å². The molecule has 0 aliphatic heterocycles. The van der Waals surface area contributed by atoms with E-state index in [-0.39, 0.29) is 18.2 Å². The quantitative estimate of drug-likeness (QED) is 0.665. The van der Waals surface area contributed by atoms with Gasteiger partial charge < -0.3 is 10.1 Å². The Kier molecular flexibility index (Phi) is 4.70. The molecule has 88 valence electrons. The molecule has 0 saturated carbocycles. The van der Waals surface area contributed by atoms with Crippen molar-refractivity contribution in [2.24, 2.45) is 0 Å². The first-order valence-electron chi connectivity index (χ1n) is 4.62. The number of ether oxygens (including phenoxy) is 1. The highest BCUT2D eigenvalue weighted by atomic mass is 35.5. The van der Waals surface area contributed by atoms with E-state index in [0.29, 0.717) is 5.13 Å². The maximum atomic E-state index is 11.3. The molecule has 1 aromatic heterocycles. The fraction of sp³-hybridized carbons (Fsp3) is 0.444. The van der Waals surface area contributed by atoms with E-state index in [2.05, 4.69) is 10.3 Å². The molecule has 0 fully saturated rings. The minimum atomic E-state index is -0.644. The predicted octanol–water partition coefficient (Wildman–Crippen LogP) is 1.89. The summed E-state index contributed by atoms with van der Waals surface area (Å²) in [6, 6.07) is 0. The van der Waals surface area contributed by atoms with E-state index >= 15 is 0 Å². The minimum absolute atomic E-state index is 0.185. The topological polar surface area (TPSA) is 68.3 Å². The highest BCUT2D eigenvalue weighted by molar-refractivity contribution is 7.14. The van der Waals surface area contributed by atoms with Crippen molar-refractivity contribution >= 4 is 39.9 Å². The maximum absolute atomic E-state index is 11.3. The summed E-state index contributed by atoms with van der Waals surface area (Å²) >= 11 is 6.72. The zero-order chi connectivity index (χ0) is 12.1. The number of carbonyl (C=O) groups is 2. The number of nitrogens with zero attached hydrogens (tertiary/aromatic N) is 1. The number of hydrogen-bond donors (Lipinski definition) is 1. The summed E-state index contributed by atoms with van der Waals surface area (Å²) in [5.41, 5.74) is 0.185. The summed E-state index contributed by atoms with van der Waals surface area (Å²) in [6.45, 7) is 3.55. The van der Waals surface area contributed by atoms with Gasteiger partial charge in [0.2, 0.25) is 5.91 Å². The van der Waals surface area contributed by atoms with Crippen molar-refractivity contribution in [3.8, 4) is 0 Å². The second-order valence-corrected chi connectivity index (χ2v) is 4.38. The van der Waals surface area contributed by atoms with Gasteiger partial charge in [0.1, 0.15) is 5.38 Å². The van der Waals surface area contributed by atoms with Crippen LogP contribution in [0.2, 0.25) is 0 Å². The number of amides is 1. The highest BCUT2D eigenvalue weighted by Gasteiger charge is 2.15. The van der Waals surface area contributed by atoms with Crippen molar-refractivity contribution in [2.75, 3.05) is 11.9 Å². The van der Waals surface area contributed by atoms with Gasteiger partial charge in [0, 0.05) is 5.38 Å². The number of anilines is 1. The number of rotatable bonds is 4. The number of halogens is 1. The van der Waals surface area contributed by atoms with Gasteiger partial charge in [-0.1, -0.05) is 0 Å². The lowest BCUT2D eigenvalue weighted by Gasteiger charge is -2.01. The number of hydrogen-bond acceptors (Lipinski definition) is 5. The molecule has 1 unspecified atom stereocenters. The van der Waals surface area contributed by atoms with Crippen molar-refractivity contribution in [2.45, 2.75) is 19.2 Å². The van der Waals surface area contributed by atoms with Gasteiger partial charge in [-0.3, -0.25) is 4.79 Å². The Balaban J connectivity index is 2.65. The molecule has 1 atom stereocenters. The smallest absolute Gasteiger partial charge is 0.357 e. The molecule has 0 spiro atoms. The van der Waals surface area contributed by atoms with Crippen LogP contribution in [0.4, 0.5) is 5.13 Å². The number of alkyl halides is 1. The average Bonchev–Trinajstić information content (AvgIpc) is 2.66. The van der Waals surface area contributed by atoms with Gasteiger partial charge in [-0.15, -0.1) is 22.9 Å². The molecule has 0 bridgehead atoms. The van der Waals surface area contributed by atoms with E-state index in [1.54, 1.807) is 13.8 Å². The first-order valence-corrected chi connectivity index (χ1v) is 5.93. The fourth-order valence-electron chi connectivity index (χ4n) is 0.835. The molecule has 0 aromatic carbocycles. The average molecular weight is 263 g/mol. The highest BCUT2D eigenvalue weighted by Crippen LogP contribution is 2.16. The largest absolute Gasteiger partial charge is 0.461 e. The summed E-state index contributed by atoms with van der Waals surface area (Å²) in [5.74, 6) is -0.857. The SMILES string of the molecule is CCOC(=O)c1csc(NC(=O)C(C)Cl)n1. The Hall–Kier alpha value is -1.14. The van der Waals surface area contributed by atoms with Crippen molar-refractivity contribution in [3.63, 3.8) is 0 Å². The molecule has 16 heavy (non-hydrogen) atoms. The first-order chi connectivity index (χ1) is 7.54. The van der Waals surface area contributed by atoms with E-state index in [1.807, 2.05) is 0 Å². The van der Waals surface area contributed by atoms with Gasteiger partial charge in [0.25, 0.3) is 0 Å². The lowest BCUT2D eigenvalue weighted by atomic mass is 10.4. The van der Waals surface area contributed by atoms with E-state index < -0.39 is 11.3 Å². The van der Waals surface area contributed by atoms with Gasteiger partial charge in [-0.2, -0.15) is 0 Å². The second kappa shape index (κ2) is 5.81. The van der Waals surface area contributed by atoms with Crippen LogP contribution in [0.5, 0.6) is 0 Å². The van der Waals surface area contributed by atoms with E-state index in [9.17, 15) is 9.59 Å². The molecular weight excluding hydrogens is 252 g/mol. The van der Waals surface area contributed by atoms with E-state index in [1.165, 1.54) is 5.38 Å². The molecule has 0 aliphatic carbocycles. The first kappa shape index (κ1) is 12.9. The minimum Gasteiger partial charge on any atom is -0.461 e. The van der Waals surface area contributed by atoms with Gasteiger partial charge in [0.15, 0.2) is 10.8 Å². The molecule has 0 saturated heterocycles. The number of carbonyl (C=O) groups excluding carboxylic acids is 2. The third-order valence-corrected chi connectivity index (χ3v) is 2.54. The fourth-order valence-corrected chi connectivity index (χ4v) is 1.57. The van der Waals surface area contributed by atoms with Gasteiger partial charge in [-0.25, -0.2) is 9.78 Å². The van der Waals surface area contributed by atoms with Crippen LogP contribution in [-0.2, 0) is 9.53 Å². The lowest BCUT2D eigenvalue weighted by molar-refractivity contribution is -0.115. The van der Waals surface area contributed by atoms with Crippen LogP contribution in [-0.4, -0.2) is 28.8 Å². The standard InChI is InChI=1S/C9H11ClN2O3S/c1-3-15-8(14)6-4-16-9(11-6)12-7(13)5(2)10/h4-5H,3H2,1-2H3,(H,11,12,13). The molecule has 1 rings (SSSR count). The molecule has 5 nitrogen and oxygen atoms in total. The molecule has 1 N–H and O–H groups in total. The van der Waals surface area contributed by atoms with Crippen LogP contribution in [0.1, 0.15) is 24.3 Å². The lowest BCUT2D eigenvalue weighted by Crippen LogP contribution is -2.20. The molecule has 1 aromatic rings. The number of thiazole rings is 1. The van der Waals surface area contributed by atoms with Crippen molar-refractivity contribution in [3.05, 3.63) is 11.1 Å². The maximum Gasteiger partial charge on any atom is 0.357 e. The van der Waals surface area contributed by atoms with Crippen molar-refractivity contribution in [1.29, 1.82) is 0 Å². The Morgan fingerprint density at radius 2 is 2.38 bits per heavy atom. The van der Waals surface area contributed by atoms with E-state index in [0.717, 1.165) is 11.3 Å². The van der Waals surface area contributed by atoms with E-state index in [4.69, 9.17) is 16.3 Å². The zero-order valence-corrected chi connectivity index (χ0v) is 10.4. The van der Waals surface area contributed by atoms with Gasteiger partial charge >= 0.3 is 5.97 Å². The Bertz CT molecular complexity index is 392.